The molecule has 1 aliphatic rings. The molecule has 0 unspecified atom stereocenters. The van der Waals surface area contributed by atoms with Crippen molar-refractivity contribution in [3.63, 3.8) is 0 Å². The number of aliphatic hydroxyl groups is 1. The third-order valence-corrected chi connectivity index (χ3v) is 4.77. The van der Waals surface area contributed by atoms with Crippen LogP contribution in [-0.2, 0) is 19.1 Å². The number of ether oxygens (including phenoxy) is 2. The van der Waals surface area contributed by atoms with E-state index in [9.17, 15) is 28.7 Å². The fourth-order valence-electron chi connectivity index (χ4n) is 3.04. The van der Waals surface area contributed by atoms with E-state index < -0.39 is 48.8 Å². The molecule has 1 fully saturated rings. The number of carbonyl (C=O) groups excluding carboxylic acids is 3. The smallest absolute Gasteiger partial charge is 0.351 e. The van der Waals surface area contributed by atoms with Gasteiger partial charge in [-0.2, -0.15) is 4.98 Å². The average molecular weight is 447 g/mol. The maximum Gasteiger partial charge on any atom is 0.351 e. The second-order valence-corrected chi connectivity index (χ2v) is 7.21. The molecule has 2 heterocycles. The molecule has 1 saturated heterocycles. The van der Waals surface area contributed by atoms with Gasteiger partial charge in [-0.15, -0.1) is 0 Å². The summed E-state index contributed by atoms with van der Waals surface area (Å²) in [6.45, 7) is 0.891. The number of ketones is 1. The number of benzene rings is 1. The van der Waals surface area contributed by atoms with Gasteiger partial charge in [0.15, 0.2) is 12.4 Å². The van der Waals surface area contributed by atoms with Gasteiger partial charge < -0.3 is 24.7 Å². The molecule has 1 aliphatic heterocycles. The van der Waals surface area contributed by atoms with Gasteiger partial charge in [-0.25, -0.2) is 9.18 Å². The quantitative estimate of drug-likeness (QED) is 0.572. The lowest BCUT2D eigenvalue weighted by Crippen LogP contribution is -2.34. The minimum atomic E-state index is -1.99. The van der Waals surface area contributed by atoms with E-state index in [2.05, 4.69) is 10.3 Å². The molecule has 1 aromatic carbocycles. The Morgan fingerprint density at radius 2 is 1.94 bits per heavy atom. The summed E-state index contributed by atoms with van der Waals surface area (Å²) in [6.07, 6.45) is -5.29. The largest absolute Gasteiger partial charge is 0.463 e. The van der Waals surface area contributed by atoms with Gasteiger partial charge in [-0.1, -0.05) is 18.2 Å². The summed E-state index contributed by atoms with van der Waals surface area (Å²) in [5.41, 5.74) is -0.542. The van der Waals surface area contributed by atoms with E-state index in [4.69, 9.17) is 9.47 Å². The number of halogens is 1. The highest BCUT2D eigenvalue weighted by Gasteiger charge is 2.46. The van der Waals surface area contributed by atoms with Crippen molar-refractivity contribution in [3.05, 3.63) is 58.6 Å². The van der Waals surface area contributed by atoms with Crippen LogP contribution < -0.4 is 11.0 Å². The van der Waals surface area contributed by atoms with E-state index in [0.29, 0.717) is 5.56 Å². The Bertz CT molecular complexity index is 1040. The molecule has 0 saturated carbocycles. The zero-order chi connectivity index (χ0) is 23.3. The van der Waals surface area contributed by atoms with Crippen molar-refractivity contribution >= 4 is 23.5 Å². The molecule has 10 nitrogen and oxygen atoms in total. The molecule has 0 spiro atoms. The fourth-order valence-corrected chi connectivity index (χ4v) is 3.04. The molecule has 32 heavy (non-hydrogen) atoms. The van der Waals surface area contributed by atoms with E-state index in [-0.39, 0.29) is 24.4 Å². The molecular weight excluding hydrogens is 425 g/mol. The molecule has 2 N–H and O–H groups in total. The van der Waals surface area contributed by atoms with Crippen molar-refractivity contribution in [2.24, 2.45) is 0 Å². The number of hydrogen-bond donors (Lipinski definition) is 2. The first-order chi connectivity index (χ1) is 15.3. The second-order valence-electron chi connectivity index (χ2n) is 7.21. The number of amides is 1. The molecule has 0 radical (unpaired) electrons. The van der Waals surface area contributed by atoms with E-state index in [1.807, 2.05) is 0 Å². The number of carbonyl (C=O) groups is 3. The number of hydrogen-bond acceptors (Lipinski definition) is 8. The lowest BCUT2D eigenvalue weighted by Gasteiger charge is -2.16. The summed E-state index contributed by atoms with van der Waals surface area (Å²) in [6, 6.07) is 9.58. The molecule has 170 valence electrons. The van der Waals surface area contributed by atoms with Crippen molar-refractivity contribution in [1.29, 1.82) is 0 Å². The average Bonchev–Trinajstić information content (AvgIpc) is 3.05. The summed E-state index contributed by atoms with van der Waals surface area (Å²) < 4.78 is 25.7. The lowest BCUT2D eigenvalue weighted by molar-refractivity contribution is -0.151. The summed E-state index contributed by atoms with van der Waals surface area (Å²) >= 11 is 0. The van der Waals surface area contributed by atoms with Crippen LogP contribution in [-0.4, -0.2) is 57.3 Å². The van der Waals surface area contributed by atoms with Crippen molar-refractivity contribution in [2.45, 2.75) is 44.4 Å². The van der Waals surface area contributed by atoms with Gasteiger partial charge in [0.25, 0.3) is 5.91 Å². The Balaban J connectivity index is 1.63. The lowest BCUT2D eigenvalue weighted by atomic mass is 10.1. The number of esters is 1. The number of Topliss-reactive ketones (excluding diaryl/α,β-unsaturated/α-hetero) is 1. The third kappa shape index (κ3) is 5.62. The van der Waals surface area contributed by atoms with Gasteiger partial charge in [0, 0.05) is 18.2 Å². The topological polar surface area (TPSA) is 137 Å². The van der Waals surface area contributed by atoms with E-state index in [0.717, 1.165) is 4.57 Å². The van der Waals surface area contributed by atoms with Crippen LogP contribution in [0.2, 0.25) is 0 Å². The molecular formula is C21H22FN3O7. The number of nitrogens with zero attached hydrogens (tertiary/aromatic N) is 2. The third-order valence-electron chi connectivity index (χ3n) is 4.77. The van der Waals surface area contributed by atoms with Gasteiger partial charge in [0.1, 0.15) is 30.4 Å². The van der Waals surface area contributed by atoms with Crippen LogP contribution in [0.15, 0.2) is 47.4 Å². The summed E-state index contributed by atoms with van der Waals surface area (Å²) in [7, 11) is 0. The molecule has 0 bridgehead atoms. The molecule has 1 aromatic heterocycles. The van der Waals surface area contributed by atoms with Crippen LogP contribution in [0, 0.1) is 0 Å². The number of aliphatic hydroxyl groups excluding tert-OH is 1. The predicted molar refractivity (Wildman–Crippen MR) is 109 cm³/mol. The number of anilines is 1. The zero-order valence-corrected chi connectivity index (χ0v) is 17.1. The molecule has 1 amide bonds. The standard InChI is InChI=1S/C21H22FN3O7/c1-12(26)7-8-16(27)31-11-14-18(28)17(22)20(32-14)25-10-9-15(24-21(25)30)23-19(29)13-5-3-2-4-6-13/h2-6,9-10,14,17-18,20,28H,7-8,11H2,1H3,(H,23,24,29,30)/t14-,17-,18-,20-/m1/s1. The SMILES string of the molecule is CC(=O)CCC(=O)OC[C@H]1O[C@@H](n2ccc(NC(=O)c3ccccc3)nc2=O)[C@H](F)[C@@H]1O. The number of alkyl halides is 1. The monoisotopic (exact) mass is 447 g/mol. The molecule has 3 rings (SSSR count). The normalized spacial score (nSPS) is 22.3. The van der Waals surface area contributed by atoms with Crippen molar-refractivity contribution in [3.8, 4) is 0 Å². The highest BCUT2D eigenvalue weighted by atomic mass is 19.1. The van der Waals surface area contributed by atoms with Crippen LogP contribution in [0.1, 0.15) is 36.4 Å². The summed E-state index contributed by atoms with van der Waals surface area (Å²) in [5, 5.41) is 12.5. The Hall–Kier alpha value is -3.44. The summed E-state index contributed by atoms with van der Waals surface area (Å²) in [5.74, 6) is -1.38. The van der Waals surface area contributed by atoms with Gasteiger partial charge in [0.05, 0.1) is 6.42 Å². The first-order valence-corrected chi connectivity index (χ1v) is 9.84. The minimum Gasteiger partial charge on any atom is -0.463 e. The van der Waals surface area contributed by atoms with Gasteiger partial charge in [0.2, 0.25) is 0 Å². The first kappa shape index (κ1) is 23.2. The summed E-state index contributed by atoms with van der Waals surface area (Å²) in [4.78, 5) is 50.8. The molecule has 4 atom stereocenters. The molecule has 2 aromatic rings. The first-order valence-electron chi connectivity index (χ1n) is 9.84. The van der Waals surface area contributed by atoms with Crippen molar-refractivity contribution in [2.75, 3.05) is 11.9 Å². The Morgan fingerprint density at radius 1 is 1.22 bits per heavy atom. The van der Waals surface area contributed by atoms with Crippen molar-refractivity contribution in [1.82, 2.24) is 9.55 Å². The van der Waals surface area contributed by atoms with E-state index >= 15 is 0 Å². The van der Waals surface area contributed by atoms with Gasteiger partial charge >= 0.3 is 11.7 Å². The maximum atomic E-state index is 14.6. The van der Waals surface area contributed by atoms with E-state index in [1.165, 1.54) is 19.2 Å². The van der Waals surface area contributed by atoms with Crippen molar-refractivity contribution < 1.29 is 33.4 Å². The Morgan fingerprint density at radius 3 is 2.59 bits per heavy atom. The maximum absolute atomic E-state index is 14.6. The van der Waals surface area contributed by atoms with Crippen LogP contribution in [0.4, 0.5) is 10.2 Å². The fraction of sp³-hybridized carbons (Fsp3) is 0.381. The van der Waals surface area contributed by atoms with Gasteiger partial charge in [-0.3, -0.25) is 14.2 Å². The van der Waals surface area contributed by atoms with Crippen LogP contribution in [0.5, 0.6) is 0 Å². The van der Waals surface area contributed by atoms with Gasteiger partial charge in [-0.05, 0) is 25.1 Å². The molecule has 11 heteroatoms. The predicted octanol–water partition coefficient (Wildman–Crippen LogP) is 1.00. The number of nitrogens with one attached hydrogen (secondary N) is 1. The number of rotatable bonds is 8. The van der Waals surface area contributed by atoms with Crippen LogP contribution >= 0.6 is 0 Å². The highest BCUT2D eigenvalue weighted by molar-refractivity contribution is 6.03. The van der Waals surface area contributed by atoms with Crippen LogP contribution in [0.25, 0.3) is 0 Å². The number of aromatic nitrogens is 2. The Labute approximate surface area is 182 Å². The van der Waals surface area contributed by atoms with Crippen LogP contribution in [0.3, 0.4) is 0 Å². The second kappa shape index (κ2) is 10.2. The Kier molecular flexibility index (Phi) is 7.44. The molecule has 0 aliphatic carbocycles. The zero-order valence-electron chi connectivity index (χ0n) is 17.1. The minimum absolute atomic E-state index is 0.00942. The van der Waals surface area contributed by atoms with E-state index in [1.54, 1.807) is 30.3 Å². The highest BCUT2D eigenvalue weighted by Crippen LogP contribution is 2.31.